The fourth-order valence-electron chi connectivity index (χ4n) is 6.36. The van der Waals surface area contributed by atoms with Crippen molar-refractivity contribution in [3.63, 3.8) is 0 Å². The minimum Gasteiger partial charge on any atom is -0.0579 e. The summed E-state index contributed by atoms with van der Waals surface area (Å²) in [5.74, 6) is 0. The first-order valence-corrected chi connectivity index (χ1v) is 15.5. The predicted octanol–water partition coefficient (Wildman–Crippen LogP) is 11.6. The summed E-state index contributed by atoms with van der Waals surface area (Å²) >= 11 is 0. The molecule has 0 amide bonds. The maximum Gasteiger partial charge on any atom is -0.0126 e. The normalized spacial score (nSPS) is 14.2. The van der Waals surface area contributed by atoms with Crippen molar-refractivity contribution in [3.05, 3.63) is 68.8 Å². The third-order valence-corrected chi connectivity index (χ3v) is 8.20. The van der Waals surface area contributed by atoms with Gasteiger partial charge in [-0.3, -0.25) is 0 Å². The molecule has 2 aromatic rings. The molecule has 0 spiro atoms. The standard InChI is InChI=1S/C39H64/c1-34(2,3)27-24-26(32(38(13,14)15)31(25-27)37(10,11)12)20-19-21-28-29(35(4,5)6)22-23-30(36(7,8)9)33(28)39(16,17)18/h22-25H,19-21H2,1-18H3. The monoisotopic (exact) mass is 533 g/mol. The molecule has 0 unspecified atom stereocenters. The second-order valence-electron chi connectivity index (χ2n) is 18.4. The Hall–Kier alpha value is -1.56. The van der Waals surface area contributed by atoms with Gasteiger partial charge in [-0.2, -0.15) is 0 Å². The molecule has 0 N–H and O–H groups in total. The lowest BCUT2D eigenvalue weighted by molar-refractivity contribution is 0.509. The lowest BCUT2D eigenvalue weighted by Gasteiger charge is -2.37. The second kappa shape index (κ2) is 10.7. The molecule has 0 aliphatic carbocycles. The van der Waals surface area contributed by atoms with Gasteiger partial charge in [0.2, 0.25) is 0 Å². The van der Waals surface area contributed by atoms with Gasteiger partial charge in [0.05, 0.1) is 0 Å². The van der Waals surface area contributed by atoms with Crippen molar-refractivity contribution >= 4 is 0 Å². The average Bonchev–Trinajstić information content (AvgIpc) is 2.68. The Morgan fingerprint density at radius 2 is 0.846 bits per heavy atom. The maximum atomic E-state index is 2.55. The van der Waals surface area contributed by atoms with E-state index < -0.39 is 0 Å². The highest BCUT2D eigenvalue weighted by molar-refractivity contribution is 5.51. The van der Waals surface area contributed by atoms with Gasteiger partial charge >= 0.3 is 0 Å². The van der Waals surface area contributed by atoms with E-state index in [-0.39, 0.29) is 32.5 Å². The van der Waals surface area contributed by atoms with Gasteiger partial charge in [-0.25, -0.2) is 0 Å². The molecule has 0 bridgehead atoms. The van der Waals surface area contributed by atoms with E-state index in [9.17, 15) is 0 Å². The molecule has 39 heavy (non-hydrogen) atoms. The number of benzene rings is 2. The van der Waals surface area contributed by atoms with Crippen LogP contribution in [0.3, 0.4) is 0 Å². The van der Waals surface area contributed by atoms with Gasteiger partial charge in [0.25, 0.3) is 0 Å². The third-order valence-electron chi connectivity index (χ3n) is 8.20. The summed E-state index contributed by atoms with van der Waals surface area (Å²) < 4.78 is 0. The Morgan fingerprint density at radius 1 is 0.410 bits per heavy atom. The van der Waals surface area contributed by atoms with Crippen molar-refractivity contribution in [3.8, 4) is 0 Å². The summed E-state index contributed by atoms with van der Waals surface area (Å²) in [5.41, 5.74) is 13.0. The van der Waals surface area contributed by atoms with Gasteiger partial charge in [-0.05, 0) is 96.3 Å². The Balaban J connectivity index is 2.75. The van der Waals surface area contributed by atoms with Gasteiger partial charge in [-0.1, -0.05) is 149 Å². The molecule has 0 fully saturated rings. The fraction of sp³-hybridized carbons (Fsp3) is 0.692. The quantitative estimate of drug-likeness (QED) is 0.367. The SMILES string of the molecule is CC(C)(C)c1cc(CCCc2c(C(C)(C)C)ccc(C(C)(C)C)c2C(C)(C)C)c(C(C)(C)C)c(C(C)(C)C)c1. The summed E-state index contributed by atoms with van der Waals surface area (Å²) in [5, 5.41) is 0. The van der Waals surface area contributed by atoms with Crippen LogP contribution in [0.25, 0.3) is 0 Å². The maximum absolute atomic E-state index is 2.55. The molecule has 0 aromatic heterocycles. The first-order valence-electron chi connectivity index (χ1n) is 15.5. The summed E-state index contributed by atoms with van der Waals surface area (Å²) in [6.07, 6.45) is 3.41. The zero-order chi connectivity index (χ0) is 30.6. The topological polar surface area (TPSA) is 0 Å². The molecule has 220 valence electrons. The van der Waals surface area contributed by atoms with Crippen LogP contribution < -0.4 is 0 Å². The molecule has 2 aromatic carbocycles. The van der Waals surface area contributed by atoms with Crippen molar-refractivity contribution in [1.82, 2.24) is 0 Å². The van der Waals surface area contributed by atoms with E-state index in [2.05, 4.69) is 149 Å². The molecule has 0 aliphatic rings. The first kappa shape index (κ1) is 33.6. The fourth-order valence-corrected chi connectivity index (χ4v) is 6.36. The number of hydrogen-bond donors (Lipinski definition) is 0. The van der Waals surface area contributed by atoms with Crippen molar-refractivity contribution in [2.24, 2.45) is 0 Å². The van der Waals surface area contributed by atoms with E-state index in [0.717, 1.165) is 12.8 Å². The lowest BCUT2D eigenvalue weighted by Crippen LogP contribution is -2.27. The lowest BCUT2D eigenvalue weighted by atomic mass is 9.68. The van der Waals surface area contributed by atoms with Crippen molar-refractivity contribution < 1.29 is 0 Å². The number of hydrogen-bond acceptors (Lipinski definition) is 0. The zero-order valence-electron chi connectivity index (χ0n) is 29.4. The summed E-state index contributed by atoms with van der Waals surface area (Å²) in [6.45, 7) is 43.0. The third kappa shape index (κ3) is 8.01. The first-order chi connectivity index (χ1) is 17.2. The molecule has 0 heteroatoms. The van der Waals surface area contributed by atoms with Gasteiger partial charge < -0.3 is 0 Å². The van der Waals surface area contributed by atoms with Crippen LogP contribution >= 0.6 is 0 Å². The molecule has 0 saturated carbocycles. The van der Waals surface area contributed by atoms with E-state index in [1.807, 2.05) is 0 Å². The summed E-state index contributed by atoms with van der Waals surface area (Å²) in [6, 6.07) is 9.96. The highest BCUT2D eigenvalue weighted by Gasteiger charge is 2.33. The van der Waals surface area contributed by atoms with Gasteiger partial charge in [0, 0.05) is 0 Å². The van der Waals surface area contributed by atoms with E-state index in [4.69, 9.17) is 0 Å². The van der Waals surface area contributed by atoms with Crippen LogP contribution in [0.5, 0.6) is 0 Å². The van der Waals surface area contributed by atoms with Crippen LogP contribution in [-0.2, 0) is 45.3 Å². The van der Waals surface area contributed by atoms with Crippen LogP contribution in [0.1, 0.15) is 176 Å². The smallest absolute Gasteiger partial charge is 0.0126 e. The van der Waals surface area contributed by atoms with E-state index in [1.165, 1.54) is 28.7 Å². The van der Waals surface area contributed by atoms with E-state index >= 15 is 0 Å². The molecule has 0 nitrogen and oxygen atoms in total. The Labute approximate surface area is 244 Å². The van der Waals surface area contributed by atoms with Gasteiger partial charge in [0.1, 0.15) is 0 Å². The summed E-state index contributed by atoms with van der Waals surface area (Å²) in [4.78, 5) is 0. The van der Waals surface area contributed by atoms with Crippen LogP contribution in [0, 0.1) is 0 Å². The molecular formula is C39H64. The van der Waals surface area contributed by atoms with Crippen molar-refractivity contribution in [2.75, 3.05) is 0 Å². The highest BCUT2D eigenvalue weighted by Crippen LogP contribution is 2.43. The Kier molecular flexibility index (Phi) is 9.22. The second-order valence-corrected chi connectivity index (χ2v) is 18.4. The van der Waals surface area contributed by atoms with Crippen LogP contribution in [-0.4, -0.2) is 0 Å². The van der Waals surface area contributed by atoms with E-state index in [0.29, 0.717) is 0 Å². The summed E-state index contributed by atoms with van der Waals surface area (Å²) in [7, 11) is 0. The molecule has 0 aliphatic heterocycles. The molecule has 0 atom stereocenters. The highest BCUT2D eigenvalue weighted by atomic mass is 14.4. The predicted molar refractivity (Wildman–Crippen MR) is 177 cm³/mol. The molecule has 0 radical (unpaired) electrons. The van der Waals surface area contributed by atoms with Crippen molar-refractivity contribution in [1.29, 1.82) is 0 Å². The van der Waals surface area contributed by atoms with Crippen LogP contribution in [0.4, 0.5) is 0 Å². The minimum atomic E-state index is 0.0985. The van der Waals surface area contributed by atoms with Gasteiger partial charge in [-0.15, -0.1) is 0 Å². The molecule has 0 saturated heterocycles. The Bertz CT molecular complexity index is 1140. The zero-order valence-corrected chi connectivity index (χ0v) is 29.4. The Morgan fingerprint density at radius 3 is 1.23 bits per heavy atom. The van der Waals surface area contributed by atoms with Crippen molar-refractivity contribution in [2.45, 2.75) is 176 Å². The van der Waals surface area contributed by atoms with Crippen LogP contribution in [0.15, 0.2) is 24.3 Å². The molecule has 2 rings (SSSR count). The average molecular weight is 533 g/mol. The van der Waals surface area contributed by atoms with Gasteiger partial charge in [0.15, 0.2) is 0 Å². The van der Waals surface area contributed by atoms with E-state index in [1.54, 1.807) is 22.3 Å². The number of rotatable bonds is 4. The molecule has 0 heterocycles. The molecular weight excluding hydrogens is 468 g/mol. The largest absolute Gasteiger partial charge is 0.0579 e. The minimum absolute atomic E-state index is 0.0985. The van der Waals surface area contributed by atoms with Crippen LogP contribution in [0.2, 0.25) is 0 Å². The number of aryl methyl sites for hydroxylation is 1.